The third-order valence-electron chi connectivity index (χ3n) is 2.06. The van der Waals surface area contributed by atoms with Crippen molar-refractivity contribution in [2.75, 3.05) is 6.54 Å². The smallest absolute Gasteiger partial charge is 0.123 e. The molecule has 1 nitrogen and oxygen atoms in total. The molecule has 0 bridgehead atoms. The Bertz CT molecular complexity index is 304. The Morgan fingerprint density at radius 1 is 1.29 bits per heavy atom. The van der Waals surface area contributed by atoms with E-state index in [1.54, 1.807) is 12.1 Å². The van der Waals surface area contributed by atoms with Crippen LogP contribution in [0, 0.1) is 5.82 Å². The van der Waals surface area contributed by atoms with Crippen molar-refractivity contribution in [2.45, 2.75) is 12.8 Å². The van der Waals surface area contributed by atoms with Crippen LogP contribution in [-0.2, 0) is 6.42 Å². The zero-order valence-corrected chi connectivity index (χ0v) is 7.84. The van der Waals surface area contributed by atoms with Crippen molar-refractivity contribution in [1.29, 1.82) is 0 Å². The molecule has 0 atom stereocenters. The molecule has 76 valence electrons. The van der Waals surface area contributed by atoms with E-state index in [1.807, 2.05) is 0 Å². The number of rotatable bonds is 4. The molecule has 1 rings (SSSR count). The highest BCUT2D eigenvalue weighted by atomic mass is 19.1. The van der Waals surface area contributed by atoms with Crippen LogP contribution in [0.25, 0.3) is 0 Å². The molecule has 0 aliphatic heterocycles. The lowest BCUT2D eigenvalue weighted by atomic mass is 10.1. The lowest BCUT2D eigenvalue weighted by molar-refractivity contribution is 0.626. The van der Waals surface area contributed by atoms with Gasteiger partial charge in [0.25, 0.3) is 0 Å². The minimum atomic E-state index is -0.256. The minimum absolute atomic E-state index is 0.234. The van der Waals surface area contributed by atoms with Gasteiger partial charge in [0, 0.05) is 6.54 Å². The van der Waals surface area contributed by atoms with Gasteiger partial charge in [0.15, 0.2) is 0 Å². The molecule has 0 heterocycles. The molecular weight excluding hydrogens is 184 g/mol. The average Bonchev–Trinajstić information content (AvgIpc) is 2.22. The van der Waals surface area contributed by atoms with E-state index < -0.39 is 0 Å². The van der Waals surface area contributed by atoms with Gasteiger partial charge in [-0.1, -0.05) is 12.1 Å². The summed E-state index contributed by atoms with van der Waals surface area (Å²) in [5.74, 6) is -0.256. The van der Waals surface area contributed by atoms with Crippen molar-refractivity contribution >= 4 is 0 Å². The summed E-state index contributed by atoms with van der Waals surface area (Å²) in [7, 11) is 0. The van der Waals surface area contributed by atoms with Gasteiger partial charge < -0.3 is 5.73 Å². The van der Waals surface area contributed by atoms with Crippen molar-refractivity contribution in [1.82, 2.24) is 0 Å². The van der Waals surface area contributed by atoms with E-state index in [2.05, 4.69) is 0 Å². The van der Waals surface area contributed by atoms with Gasteiger partial charge >= 0.3 is 0 Å². The summed E-state index contributed by atoms with van der Waals surface area (Å²) in [6.45, 7) is 0.234. The Morgan fingerprint density at radius 2 is 1.93 bits per heavy atom. The van der Waals surface area contributed by atoms with Gasteiger partial charge in [0.1, 0.15) is 5.82 Å². The first-order valence-electron chi connectivity index (χ1n) is 4.49. The summed E-state index contributed by atoms with van der Waals surface area (Å²) in [5, 5.41) is 0. The molecular formula is C11H13F2N. The van der Waals surface area contributed by atoms with Crippen LogP contribution in [0.4, 0.5) is 8.78 Å². The molecule has 0 aromatic heterocycles. The Labute approximate surface area is 82.2 Å². The zero-order valence-electron chi connectivity index (χ0n) is 7.84. The van der Waals surface area contributed by atoms with Crippen LogP contribution < -0.4 is 5.73 Å². The predicted octanol–water partition coefficient (Wildman–Crippen LogP) is 2.57. The van der Waals surface area contributed by atoms with Gasteiger partial charge in [-0.15, -0.1) is 0 Å². The van der Waals surface area contributed by atoms with Gasteiger partial charge in [-0.2, -0.15) is 0 Å². The number of halogens is 2. The normalized spacial score (nSPS) is 11.8. The maximum absolute atomic E-state index is 12.5. The van der Waals surface area contributed by atoms with Crippen LogP contribution in [0.15, 0.2) is 36.2 Å². The Balaban J connectivity index is 2.49. The number of benzene rings is 1. The van der Waals surface area contributed by atoms with Crippen molar-refractivity contribution in [3.63, 3.8) is 0 Å². The summed E-state index contributed by atoms with van der Waals surface area (Å²) in [4.78, 5) is 0. The first-order valence-corrected chi connectivity index (χ1v) is 4.49. The van der Waals surface area contributed by atoms with Crippen LogP contribution in [-0.4, -0.2) is 6.54 Å². The largest absolute Gasteiger partial charge is 0.327 e. The second-order valence-electron chi connectivity index (χ2n) is 3.10. The maximum atomic E-state index is 12.5. The molecule has 0 radical (unpaired) electrons. The molecule has 2 N–H and O–H groups in total. The van der Waals surface area contributed by atoms with Gasteiger partial charge in [0.05, 0.1) is 6.33 Å². The van der Waals surface area contributed by atoms with Gasteiger partial charge in [-0.25, -0.2) is 8.78 Å². The number of hydrogen-bond donors (Lipinski definition) is 1. The highest BCUT2D eigenvalue weighted by Gasteiger charge is 1.97. The third kappa shape index (κ3) is 3.26. The molecule has 14 heavy (non-hydrogen) atoms. The molecule has 0 spiro atoms. The van der Waals surface area contributed by atoms with E-state index >= 15 is 0 Å². The SMILES string of the molecule is NCC(=CF)CCc1ccc(F)cc1. The van der Waals surface area contributed by atoms with E-state index in [0.29, 0.717) is 24.7 Å². The minimum Gasteiger partial charge on any atom is -0.327 e. The lowest BCUT2D eigenvalue weighted by Crippen LogP contribution is -2.03. The Kier molecular flexibility index (Phi) is 4.26. The molecule has 3 heteroatoms. The topological polar surface area (TPSA) is 26.0 Å². The molecule has 0 aliphatic carbocycles. The van der Waals surface area contributed by atoms with Gasteiger partial charge in [0.2, 0.25) is 0 Å². The molecule has 0 unspecified atom stereocenters. The van der Waals surface area contributed by atoms with Crippen LogP contribution >= 0.6 is 0 Å². The van der Waals surface area contributed by atoms with Crippen molar-refractivity contribution in [2.24, 2.45) is 5.73 Å². The monoisotopic (exact) mass is 197 g/mol. The number of hydrogen-bond acceptors (Lipinski definition) is 1. The Hall–Kier alpha value is -1.22. The zero-order chi connectivity index (χ0) is 10.4. The Morgan fingerprint density at radius 3 is 2.43 bits per heavy atom. The predicted molar refractivity (Wildman–Crippen MR) is 53.0 cm³/mol. The molecule has 1 aromatic carbocycles. The second-order valence-corrected chi connectivity index (χ2v) is 3.10. The number of aryl methyl sites for hydroxylation is 1. The quantitative estimate of drug-likeness (QED) is 0.788. The van der Waals surface area contributed by atoms with Crippen molar-refractivity contribution in [3.05, 3.63) is 47.5 Å². The second kappa shape index (κ2) is 5.50. The summed E-state index contributed by atoms with van der Waals surface area (Å²) in [6, 6.07) is 6.19. The molecule has 1 aromatic rings. The molecule has 0 aliphatic rings. The number of nitrogens with two attached hydrogens (primary N) is 1. The first-order chi connectivity index (χ1) is 6.76. The van der Waals surface area contributed by atoms with Crippen molar-refractivity contribution in [3.8, 4) is 0 Å². The van der Waals surface area contributed by atoms with E-state index in [-0.39, 0.29) is 12.4 Å². The van der Waals surface area contributed by atoms with E-state index in [0.717, 1.165) is 5.56 Å². The lowest BCUT2D eigenvalue weighted by Gasteiger charge is -2.02. The van der Waals surface area contributed by atoms with Gasteiger partial charge in [-0.3, -0.25) is 0 Å². The van der Waals surface area contributed by atoms with E-state index in [1.165, 1.54) is 12.1 Å². The summed E-state index contributed by atoms with van der Waals surface area (Å²) >= 11 is 0. The van der Waals surface area contributed by atoms with Crippen LogP contribution in [0.1, 0.15) is 12.0 Å². The molecule has 0 saturated heterocycles. The van der Waals surface area contributed by atoms with Crippen LogP contribution in [0.5, 0.6) is 0 Å². The summed E-state index contributed by atoms with van der Waals surface area (Å²) < 4.78 is 24.6. The average molecular weight is 197 g/mol. The van der Waals surface area contributed by atoms with E-state index in [9.17, 15) is 8.78 Å². The van der Waals surface area contributed by atoms with Crippen LogP contribution in [0.2, 0.25) is 0 Å². The molecule has 0 fully saturated rings. The van der Waals surface area contributed by atoms with Crippen molar-refractivity contribution < 1.29 is 8.78 Å². The standard InChI is InChI=1S/C11H13F2N/c12-7-10(8-14)2-1-9-3-5-11(13)6-4-9/h3-7H,1-2,8,14H2. The summed E-state index contributed by atoms with van der Waals surface area (Å²) in [6.07, 6.45) is 1.81. The first kappa shape index (κ1) is 10.9. The highest BCUT2D eigenvalue weighted by Crippen LogP contribution is 2.09. The van der Waals surface area contributed by atoms with Crippen LogP contribution in [0.3, 0.4) is 0 Å². The fourth-order valence-electron chi connectivity index (χ4n) is 1.16. The van der Waals surface area contributed by atoms with Gasteiger partial charge in [-0.05, 0) is 36.1 Å². The molecule has 0 saturated carbocycles. The third-order valence-corrected chi connectivity index (χ3v) is 2.06. The molecule has 0 amide bonds. The maximum Gasteiger partial charge on any atom is 0.123 e. The van der Waals surface area contributed by atoms with E-state index in [4.69, 9.17) is 5.73 Å². The summed E-state index contributed by atoms with van der Waals surface area (Å²) in [5.41, 5.74) is 6.87. The fraction of sp³-hybridized carbons (Fsp3) is 0.273. The fourth-order valence-corrected chi connectivity index (χ4v) is 1.16. The highest BCUT2D eigenvalue weighted by molar-refractivity contribution is 5.17.